The van der Waals surface area contributed by atoms with Crippen molar-refractivity contribution in [3.8, 4) is 0 Å². The fourth-order valence-electron chi connectivity index (χ4n) is 0.827. The minimum Gasteiger partial charge on any atom is -0.242 e. The van der Waals surface area contributed by atoms with E-state index in [0.717, 1.165) is 21.9 Å². The first-order valence-corrected chi connectivity index (χ1v) is 5.36. The average molecular weight is 195 g/mol. The molecular weight excluding hydrogens is 178 g/mol. The standard InChI is InChI=1S/C11H17NS/c1-7-9(4)11(8(2)3)12-10(5)13-6/h7H,2,5H2,1,3-4,6H3/b9-7-,12-11-. The van der Waals surface area contributed by atoms with Crippen molar-refractivity contribution in [1.82, 2.24) is 0 Å². The average Bonchev–Trinajstić information content (AvgIpc) is 2.11. The van der Waals surface area contributed by atoms with E-state index in [9.17, 15) is 0 Å². The summed E-state index contributed by atoms with van der Waals surface area (Å²) in [4.78, 5) is 4.38. The monoisotopic (exact) mass is 195 g/mol. The molecule has 0 aliphatic rings. The van der Waals surface area contributed by atoms with Crippen LogP contribution in [0.4, 0.5) is 0 Å². The summed E-state index contributed by atoms with van der Waals surface area (Å²) in [6, 6.07) is 0. The van der Waals surface area contributed by atoms with Gasteiger partial charge in [0.1, 0.15) is 0 Å². The third kappa shape index (κ3) is 4.13. The molecule has 2 heteroatoms. The van der Waals surface area contributed by atoms with E-state index in [-0.39, 0.29) is 0 Å². The van der Waals surface area contributed by atoms with Crippen molar-refractivity contribution in [2.24, 2.45) is 4.99 Å². The molecule has 0 aliphatic heterocycles. The molecule has 0 aromatic carbocycles. The zero-order valence-electron chi connectivity index (χ0n) is 8.85. The van der Waals surface area contributed by atoms with Gasteiger partial charge in [-0.05, 0) is 38.2 Å². The molecule has 0 spiro atoms. The van der Waals surface area contributed by atoms with E-state index >= 15 is 0 Å². The van der Waals surface area contributed by atoms with Crippen LogP contribution < -0.4 is 0 Å². The molecule has 0 heterocycles. The summed E-state index contributed by atoms with van der Waals surface area (Å²) in [7, 11) is 0. The SMILES string of the molecule is C=C(/N=C(C(=C)C)\C(C)=C/C)SC. The Hall–Kier alpha value is -0.760. The smallest absolute Gasteiger partial charge is 0.0892 e. The van der Waals surface area contributed by atoms with Crippen LogP contribution in [0.25, 0.3) is 0 Å². The van der Waals surface area contributed by atoms with E-state index in [1.807, 2.05) is 33.1 Å². The molecule has 0 fully saturated rings. The maximum Gasteiger partial charge on any atom is 0.0892 e. The molecule has 1 nitrogen and oxygen atoms in total. The highest BCUT2D eigenvalue weighted by Crippen LogP contribution is 2.14. The lowest BCUT2D eigenvalue weighted by Gasteiger charge is -2.06. The second kappa shape index (κ2) is 5.81. The molecule has 13 heavy (non-hydrogen) atoms. The lowest BCUT2D eigenvalue weighted by Crippen LogP contribution is -2.01. The summed E-state index contributed by atoms with van der Waals surface area (Å²) < 4.78 is 0. The molecule has 0 atom stereocenters. The molecule has 0 bridgehead atoms. The molecule has 0 N–H and O–H groups in total. The summed E-state index contributed by atoms with van der Waals surface area (Å²) in [6.45, 7) is 13.7. The first kappa shape index (κ1) is 12.2. The number of allylic oxidation sites excluding steroid dienone is 3. The number of rotatable bonds is 4. The molecule has 0 aromatic rings. The molecule has 0 aliphatic carbocycles. The number of thioether (sulfide) groups is 1. The highest BCUT2D eigenvalue weighted by Gasteiger charge is 2.02. The van der Waals surface area contributed by atoms with Crippen LogP contribution in [0.2, 0.25) is 0 Å². The van der Waals surface area contributed by atoms with Crippen LogP contribution in [0.1, 0.15) is 20.8 Å². The van der Waals surface area contributed by atoms with Crippen molar-refractivity contribution in [1.29, 1.82) is 0 Å². The van der Waals surface area contributed by atoms with Crippen LogP contribution in [0, 0.1) is 0 Å². The fourth-order valence-corrected chi connectivity index (χ4v) is 1.01. The quantitative estimate of drug-likeness (QED) is 0.621. The van der Waals surface area contributed by atoms with E-state index in [2.05, 4.69) is 18.2 Å². The summed E-state index contributed by atoms with van der Waals surface area (Å²) >= 11 is 1.55. The summed E-state index contributed by atoms with van der Waals surface area (Å²) in [5.41, 5.74) is 3.07. The maximum atomic E-state index is 4.38. The maximum absolute atomic E-state index is 4.38. The molecule has 0 radical (unpaired) electrons. The van der Waals surface area contributed by atoms with Gasteiger partial charge in [-0.25, -0.2) is 4.99 Å². The summed E-state index contributed by atoms with van der Waals surface area (Å²) in [6.07, 6.45) is 3.99. The van der Waals surface area contributed by atoms with Crippen LogP contribution in [0.15, 0.2) is 40.4 Å². The van der Waals surface area contributed by atoms with Gasteiger partial charge in [0.15, 0.2) is 0 Å². The van der Waals surface area contributed by atoms with Gasteiger partial charge in [0, 0.05) is 0 Å². The molecule has 72 valence electrons. The highest BCUT2D eigenvalue weighted by molar-refractivity contribution is 8.02. The van der Waals surface area contributed by atoms with Gasteiger partial charge in [0.05, 0.1) is 10.7 Å². The van der Waals surface area contributed by atoms with Crippen LogP contribution in [-0.4, -0.2) is 12.0 Å². The van der Waals surface area contributed by atoms with Gasteiger partial charge in [0.2, 0.25) is 0 Å². The first-order chi connectivity index (χ1) is 6.02. The summed E-state index contributed by atoms with van der Waals surface area (Å²) in [5.74, 6) is 0. The minimum absolute atomic E-state index is 0.819. The Morgan fingerprint density at radius 3 is 2.15 bits per heavy atom. The Bertz CT molecular complexity index is 272. The van der Waals surface area contributed by atoms with Gasteiger partial charge < -0.3 is 0 Å². The van der Waals surface area contributed by atoms with Gasteiger partial charge in [-0.15, -0.1) is 11.8 Å². The third-order valence-electron chi connectivity index (χ3n) is 1.68. The Kier molecular flexibility index (Phi) is 5.47. The van der Waals surface area contributed by atoms with Gasteiger partial charge in [-0.3, -0.25) is 0 Å². The zero-order valence-corrected chi connectivity index (χ0v) is 9.66. The van der Waals surface area contributed by atoms with E-state index in [0.29, 0.717) is 0 Å². The lowest BCUT2D eigenvalue weighted by molar-refractivity contribution is 1.42. The van der Waals surface area contributed by atoms with Crippen molar-refractivity contribution in [2.45, 2.75) is 20.8 Å². The highest BCUT2D eigenvalue weighted by atomic mass is 32.2. The van der Waals surface area contributed by atoms with Crippen molar-refractivity contribution >= 4 is 17.5 Å². The van der Waals surface area contributed by atoms with Gasteiger partial charge in [0.25, 0.3) is 0 Å². The van der Waals surface area contributed by atoms with E-state index in [4.69, 9.17) is 0 Å². The van der Waals surface area contributed by atoms with E-state index < -0.39 is 0 Å². The predicted octanol–water partition coefficient (Wildman–Crippen LogP) is 3.80. The third-order valence-corrected chi connectivity index (χ3v) is 2.25. The van der Waals surface area contributed by atoms with Crippen LogP contribution in [0.3, 0.4) is 0 Å². The second-order valence-corrected chi connectivity index (χ2v) is 3.69. The molecule has 0 amide bonds. The topological polar surface area (TPSA) is 12.4 Å². The van der Waals surface area contributed by atoms with Gasteiger partial charge in [-0.1, -0.05) is 19.2 Å². The predicted molar refractivity (Wildman–Crippen MR) is 64.3 cm³/mol. The minimum atomic E-state index is 0.819. The molecule has 0 aromatic heterocycles. The molecule has 0 rings (SSSR count). The Morgan fingerprint density at radius 1 is 1.31 bits per heavy atom. The normalized spacial score (nSPS) is 12.9. The Labute approximate surface area is 85.3 Å². The van der Waals surface area contributed by atoms with Crippen LogP contribution in [0.5, 0.6) is 0 Å². The molecule has 0 saturated heterocycles. The number of hydrogen-bond acceptors (Lipinski definition) is 2. The van der Waals surface area contributed by atoms with E-state index in [1.54, 1.807) is 11.8 Å². The lowest BCUT2D eigenvalue weighted by atomic mass is 10.1. The molecular formula is C11H17NS. The number of nitrogens with zero attached hydrogens (tertiary/aromatic N) is 1. The van der Waals surface area contributed by atoms with E-state index in [1.165, 1.54) is 0 Å². The van der Waals surface area contributed by atoms with Crippen molar-refractivity contribution in [3.05, 3.63) is 35.4 Å². The molecule has 0 saturated carbocycles. The van der Waals surface area contributed by atoms with Gasteiger partial charge in [-0.2, -0.15) is 0 Å². The van der Waals surface area contributed by atoms with Crippen molar-refractivity contribution in [3.63, 3.8) is 0 Å². The van der Waals surface area contributed by atoms with Crippen molar-refractivity contribution < 1.29 is 0 Å². The van der Waals surface area contributed by atoms with Crippen LogP contribution in [-0.2, 0) is 0 Å². The largest absolute Gasteiger partial charge is 0.242 e. The number of aliphatic imine (C=N–C) groups is 1. The Balaban J connectivity index is 4.92. The zero-order chi connectivity index (χ0) is 10.4. The fraction of sp³-hybridized carbons (Fsp3) is 0.364. The summed E-state index contributed by atoms with van der Waals surface area (Å²) in [5, 5.41) is 0.819. The molecule has 0 unspecified atom stereocenters. The number of hydrogen-bond donors (Lipinski definition) is 0. The van der Waals surface area contributed by atoms with Gasteiger partial charge >= 0.3 is 0 Å². The Morgan fingerprint density at radius 2 is 1.85 bits per heavy atom. The first-order valence-electron chi connectivity index (χ1n) is 4.13. The van der Waals surface area contributed by atoms with Crippen molar-refractivity contribution in [2.75, 3.05) is 6.26 Å². The second-order valence-electron chi connectivity index (χ2n) is 2.81. The van der Waals surface area contributed by atoms with Crippen LogP contribution >= 0.6 is 11.8 Å².